The molecule has 118 valence electrons. The van der Waals surface area contributed by atoms with Crippen LogP contribution in [0.15, 0.2) is 76.2 Å². The monoisotopic (exact) mass is 336 g/mol. The highest BCUT2D eigenvalue weighted by Gasteiger charge is 2.18. The number of amides is 1. The van der Waals surface area contributed by atoms with Gasteiger partial charge in [-0.2, -0.15) is 0 Å². The molecule has 24 heavy (non-hydrogen) atoms. The average molecular weight is 336 g/mol. The molecule has 0 aliphatic rings. The van der Waals surface area contributed by atoms with Gasteiger partial charge in [0.1, 0.15) is 0 Å². The first-order chi connectivity index (χ1) is 11.8. The maximum atomic E-state index is 12.2. The van der Waals surface area contributed by atoms with Gasteiger partial charge in [-0.3, -0.25) is 10.1 Å². The van der Waals surface area contributed by atoms with Crippen LogP contribution in [0.5, 0.6) is 0 Å². The van der Waals surface area contributed by atoms with E-state index in [0.717, 1.165) is 21.7 Å². The van der Waals surface area contributed by atoms with Gasteiger partial charge in [0.2, 0.25) is 0 Å². The molecule has 0 saturated heterocycles. The summed E-state index contributed by atoms with van der Waals surface area (Å²) in [5.74, 6) is -0.0802. The van der Waals surface area contributed by atoms with E-state index in [9.17, 15) is 4.79 Å². The Bertz CT molecular complexity index is 942. The summed E-state index contributed by atoms with van der Waals surface area (Å²) in [6, 6.07) is 15.0. The number of rotatable bonds is 4. The Hall–Kier alpha value is -3.12. The van der Waals surface area contributed by atoms with Gasteiger partial charge >= 0.3 is 0 Å². The molecule has 4 aromatic rings. The molecule has 1 aromatic carbocycles. The van der Waals surface area contributed by atoms with Crippen molar-refractivity contribution in [3.8, 4) is 21.7 Å². The Balaban J connectivity index is 1.73. The molecule has 1 N–H and O–H groups in total. The summed E-state index contributed by atoms with van der Waals surface area (Å²) >= 11 is 1.39. The minimum Gasteiger partial charge on any atom is -0.472 e. The lowest BCUT2D eigenvalue weighted by Gasteiger charge is -1.99. The molecule has 5 nitrogen and oxygen atoms in total. The van der Waals surface area contributed by atoms with E-state index in [2.05, 4.69) is 10.3 Å². The van der Waals surface area contributed by atoms with Crippen LogP contribution in [0, 0.1) is 0 Å². The molecule has 0 saturated carbocycles. The Morgan fingerprint density at radius 3 is 2.58 bits per heavy atom. The van der Waals surface area contributed by atoms with Crippen molar-refractivity contribution in [3.05, 3.63) is 73.1 Å². The molecule has 0 spiro atoms. The molecule has 6 heteroatoms. The fourth-order valence-electron chi connectivity index (χ4n) is 2.32. The van der Waals surface area contributed by atoms with Gasteiger partial charge in [0.25, 0.3) is 5.91 Å². The van der Waals surface area contributed by atoms with Crippen LogP contribution in [0.3, 0.4) is 0 Å². The van der Waals surface area contributed by atoms with Crippen molar-refractivity contribution in [1.82, 2.24) is 4.98 Å². The summed E-state index contributed by atoms with van der Waals surface area (Å²) < 4.78 is 10.3. The first-order valence-corrected chi connectivity index (χ1v) is 8.06. The van der Waals surface area contributed by atoms with Gasteiger partial charge in [0.05, 0.1) is 29.4 Å². The van der Waals surface area contributed by atoms with E-state index < -0.39 is 0 Å². The van der Waals surface area contributed by atoms with E-state index in [1.54, 1.807) is 24.7 Å². The number of hydrogen-bond donors (Lipinski definition) is 1. The third-order valence-electron chi connectivity index (χ3n) is 3.42. The highest BCUT2D eigenvalue weighted by atomic mass is 32.1. The number of nitrogens with one attached hydrogen (secondary N) is 1. The number of thiazole rings is 1. The zero-order chi connectivity index (χ0) is 16.4. The number of anilines is 1. The van der Waals surface area contributed by atoms with Crippen molar-refractivity contribution in [3.63, 3.8) is 0 Å². The first kappa shape index (κ1) is 14.5. The fraction of sp³-hybridized carbons (Fsp3) is 0. The van der Waals surface area contributed by atoms with E-state index >= 15 is 0 Å². The van der Waals surface area contributed by atoms with Crippen molar-refractivity contribution in [2.24, 2.45) is 0 Å². The third kappa shape index (κ3) is 2.75. The number of carbonyl (C=O) groups excluding carboxylic acids is 1. The molecule has 0 fully saturated rings. The largest absolute Gasteiger partial charge is 0.472 e. The van der Waals surface area contributed by atoms with Crippen LogP contribution < -0.4 is 5.32 Å². The average Bonchev–Trinajstić information content (AvgIpc) is 3.36. The molecule has 0 radical (unpaired) electrons. The van der Waals surface area contributed by atoms with E-state index in [4.69, 9.17) is 8.83 Å². The van der Waals surface area contributed by atoms with Gasteiger partial charge in [-0.15, -0.1) is 0 Å². The first-order valence-electron chi connectivity index (χ1n) is 7.25. The van der Waals surface area contributed by atoms with Crippen LogP contribution in [-0.2, 0) is 0 Å². The molecule has 1 amide bonds. The number of carbonyl (C=O) groups is 1. The molecular formula is C18H12N2O3S. The van der Waals surface area contributed by atoms with Gasteiger partial charge < -0.3 is 8.83 Å². The summed E-state index contributed by atoms with van der Waals surface area (Å²) in [7, 11) is 0. The van der Waals surface area contributed by atoms with E-state index in [1.807, 2.05) is 36.4 Å². The Morgan fingerprint density at radius 2 is 1.88 bits per heavy atom. The van der Waals surface area contributed by atoms with Crippen LogP contribution in [0.4, 0.5) is 5.13 Å². The third-order valence-corrected chi connectivity index (χ3v) is 4.44. The Labute approximate surface area is 141 Å². The molecule has 0 bridgehead atoms. The second kappa shape index (κ2) is 6.17. The maximum absolute atomic E-state index is 12.2. The molecular weight excluding hydrogens is 324 g/mol. The van der Waals surface area contributed by atoms with Crippen molar-refractivity contribution in [1.29, 1.82) is 0 Å². The molecule has 0 aliphatic carbocycles. The summed E-state index contributed by atoms with van der Waals surface area (Å²) in [5, 5.41) is 3.29. The highest BCUT2D eigenvalue weighted by molar-refractivity contribution is 7.19. The maximum Gasteiger partial charge on any atom is 0.293 e. The van der Waals surface area contributed by atoms with Gasteiger partial charge in [-0.25, -0.2) is 4.98 Å². The van der Waals surface area contributed by atoms with E-state index in [0.29, 0.717) is 5.13 Å². The SMILES string of the molecule is O=C(Nc1nc(-c2ccccc2)c(-c2ccoc2)s1)c1ccco1. The lowest BCUT2D eigenvalue weighted by Crippen LogP contribution is -2.10. The van der Waals surface area contributed by atoms with Crippen molar-refractivity contribution >= 4 is 22.4 Å². The lowest BCUT2D eigenvalue weighted by molar-refractivity contribution is 0.0996. The van der Waals surface area contributed by atoms with Crippen LogP contribution >= 0.6 is 11.3 Å². The van der Waals surface area contributed by atoms with Crippen LogP contribution in [0.1, 0.15) is 10.6 Å². The summed E-state index contributed by atoms with van der Waals surface area (Å²) in [5.41, 5.74) is 2.70. The van der Waals surface area contributed by atoms with E-state index in [-0.39, 0.29) is 11.7 Å². The number of benzene rings is 1. The zero-order valence-electron chi connectivity index (χ0n) is 12.4. The quantitative estimate of drug-likeness (QED) is 0.574. The molecule has 4 rings (SSSR count). The van der Waals surface area contributed by atoms with Gasteiger partial charge in [-0.1, -0.05) is 41.7 Å². The standard InChI is InChI=1S/C18H12N2O3S/c21-17(14-7-4-9-23-14)20-18-19-15(12-5-2-1-3-6-12)16(24-18)13-8-10-22-11-13/h1-11H,(H,19,20,21). The number of furan rings is 2. The summed E-state index contributed by atoms with van der Waals surface area (Å²) in [4.78, 5) is 17.7. The van der Waals surface area contributed by atoms with Crippen LogP contribution in [-0.4, -0.2) is 10.9 Å². The minimum absolute atomic E-state index is 0.247. The zero-order valence-corrected chi connectivity index (χ0v) is 13.2. The number of nitrogens with zero attached hydrogens (tertiary/aromatic N) is 1. The van der Waals surface area contributed by atoms with Crippen LogP contribution in [0.25, 0.3) is 21.7 Å². The molecule has 0 unspecified atom stereocenters. The topological polar surface area (TPSA) is 68.3 Å². The number of hydrogen-bond acceptors (Lipinski definition) is 5. The minimum atomic E-state index is -0.327. The van der Waals surface area contributed by atoms with Gasteiger partial charge in [0, 0.05) is 11.1 Å². The Kier molecular flexibility index (Phi) is 3.72. The smallest absolute Gasteiger partial charge is 0.293 e. The second-order valence-corrected chi connectivity index (χ2v) is 6.01. The predicted molar refractivity (Wildman–Crippen MR) is 91.9 cm³/mol. The van der Waals surface area contributed by atoms with Gasteiger partial charge in [-0.05, 0) is 18.2 Å². The van der Waals surface area contributed by atoms with E-state index in [1.165, 1.54) is 17.6 Å². The van der Waals surface area contributed by atoms with Crippen molar-refractivity contribution in [2.45, 2.75) is 0 Å². The predicted octanol–water partition coefficient (Wildman–Crippen LogP) is 4.92. The second-order valence-electron chi connectivity index (χ2n) is 5.01. The summed E-state index contributed by atoms with van der Waals surface area (Å²) in [6.45, 7) is 0. The summed E-state index contributed by atoms with van der Waals surface area (Å²) in [6.07, 6.45) is 4.74. The highest BCUT2D eigenvalue weighted by Crippen LogP contribution is 2.39. The molecule has 3 heterocycles. The molecule has 0 aliphatic heterocycles. The van der Waals surface area contributed by atoms with Crippen molar-refractivity contribution in [2.75, 3.05) is 5.32 Å². The molecule has 3 aromatic heterocycles. The van der Waals surface area contributed by atoms with Crippen molar-refractivity contribution < 1.29 is 13.6 Å². The normalized spacial score (nSPS) is 10.7. The number of aromatic nitrogens is 1. The molecule has 0 atom stereocenters. The fourth-order valence-corrected chi connectivity index (χ4v) is 3.29. The lowest BCUT2D eigenvalue weighted by atomic mass is 10.1. The van der Waals surface area contributed by atoms with Crippen LogP contribution in [0.2, 0.25) is 0 Å². The Morgan fingerprint density at radius 1 is 1.00 bits per heavy atom. The van der Waals surface area contributed by atoms with Gasteiger partial charge in [0.15, 0.2) is 10.9 Å².